The molecule has 0 radical (unpaired) electrons. The Bertz CT molecular complexity index is 685. The predicted molar refractivity (Wildman–Crippen MR) is 97.5 cm³/mol. The molecular formula is C16H21N5OS2. The molecule has 1 heterocycles. The lowest BCUT2D eigenvalue weighted by atomic mass is 10.3. The molecule has 1 saturated carbocycles. The Kier molecular flexibility index (Phi) is 6.14. The standard InChI is InChI=1S/C16H21N5OS2/c1-23-14-9-5-4-8-13(14)17-15(22)10-11-24-16-18-19-20-21(16)12-6-2-3-7-12/h4-5,8-9,12H,2-3,6-7,10-11H2,1H3,(H,17,22). The number of tetrazole rings is 1. The fourth-order valence-electron chi connectivity index (χ4n) is 2.85. The van der Waals surface area contributed by atoms with Crippen LogP contribution in [-0.4, -0.2) is 38.1 Å². The van der Waals surface area contributed by atoms with Crippen molar-refractivity contribution in [2.75, 3.05) is 17.3 Å². The van der Waals surface area contributed by atoms with Gasteiger partial charge in [-0.3, -0.25) is 4.79 Å². The van der Waals surface area contributed by atoms with Gasteiger partial charge in [-0.25, -0.2) is 4.68 Å². The lowest BCUT2D eigenvalue weighted by molar-refractivity contribution is -0.115. The fraction of sp³-hybridized carbons (Fsp3) is 0.500. The zero-order valence-electron chi connectivity index (χ0n) is 13.6. The molecular weight excluding hydrogens is 342 g/mol. The van der Waals surface area contributed by atoms with Crippen molar-refractivity contribution in [2.45, 2.75) is 48.2 Å². The minimum Gasteiger partial charge on any atom is -0.325 e. The van der Waals surface area contributed by atoms with Crippen molar-refractivity contribution < 1.29 is 4.79 Å². The molecule has 3 rings (SSSR count). The Morgan fingerprint density at radius 3 is 2.92 bits per heavy atom. The van der Waals surface area contributed by atoms with Gasteiger partial charge < -0.3 is 5.32 Å². The second-order valence-electron chi connectivity index (χ2n) is 5.69. The lowest BCUT2D eigenvalue weighted by Gasteiger charge is -2.11. The van der Waals surface area contributed by atoms with Crippen LogP contribution in [0.3, 0.4) is 0 Å². The van der Waals surface area contributed by atoms with Crippen molar-refractivity contribution in [1.82, 2.24) is 20.2 Å². The molecule has 0 unspecified atom stereocenters. The average Bonchev–Trinajstić information content (AvgIpc) is 3.26. The number of amides is 1. The predicted octanol–water partition coefficient (Wildman–Crippen LogP) is 3.63. The first kappa shape index (κ1) is 17.3. The molecule has 0 atom stereocenters. The second kappa shape index (κ2) is 8.53. The first-order valence-electron chi connectivity index (χ1n) is 8.11. The highest BCUT2D eigenvalue weighted by Gasteiger charge is 2.21. The van der Waals surface area contributed by atoms with Crippen molar-refractivity contribution in [1.29, 1.82) is 0 Å². The number of para-hydroxylation sites is 1. The van der Waals surface area contributed by atoms with E-state index in [0.717, 1.165) is 28.6 Å². The Morgan fingerprint density at radius 1 is 1.33 bits per heavy atom. The first-order valence-corrected chi connectivity index (χ1v) is 10.3. The summed E-state index contributed by atoms with van der Waals surface area (Å²) in [5.74, 6) is 0.685. The van der Waals surface area contributed by atoms with E-state index in [-0.39, 0.29) is 5.91 Å². The van der Waals surface area contributed by atoms with E-state index in [1.54, 1.807) is 23.5 Å². The van der Waals surface area contributed by atoms with Crippen LogP contribution in [-0.2, 0) is 4.79 Å². The lowest BCUT2D eigenvalue weighted by Crippen LogP contribution is -2.13. The quantitative estimate of drug-likeness (QED) is 0.757. The number of nitrogens with one attached hydrogen (secondary N) is 1. The minimum atomic E-state index is 0.0175. The summed E-state index contributed by atoms with van der Waals surface area (Å²) in [6, 6.07) is 8.26. The molecule has 1 aliphatic rings. The molecule has 0 spiro atoms. The fourth-order valence-corrected chi connectivity index (χ4v) is 4.29. The summed E-state index contributed by atoms with van der Waals surface area (Å²) in [5, 5.41) is 15.8. The van der Waals surface area contributed by atoms with Gasteiger partial charge in [0.25, 0.3) is 0 Å². The van der Waals surface area contributed by atoms with Crippen LogP contribution in [0.5, 0.6) is 0 Å². The van der Waals surface area contributed by atoms with Gasteiger partial charge >= 0.3 is 0 Å². The van der Waals surface area contributed by atoms with Crippen LogP contribution in [0.4, 0.5) is 5.69 Å². The molecule has 1 N–H and O–H groups in total. The normalized spacial score (nSPS) is 14.9. The van der Waals surface area contributed by atoms with E-state index < -0.39 is 0 Å². The summed E-state index contributed by atoms with van der Waals surface area (Å²) in [7, 11) is 0. The highest BCUT2D eigenvalue weighted by molar-refractivity contribution is 7.99. The number of nitrogens with zero attached hydrogens (tertiary/aromatic N) is 4. The third-order valence-corrected chi connectivity index (χ3v) is 5.81. The molecule has 0 aliphatic heterocycles. The number of hydrogen-bond acceptors (Lipinski definition) is 6. The molecule has 0 bridgehead atoms. The maximum absolute atomic E-state index is 12.2. The monoisotopic (exact) mass is 363 g/mol. The van der Waals surface area contributed by atoms with Crippen LogP contribution >= 0.6 is 23.5 Å². The van der Waals surface area contributed by atoms with E-state index >= 15 is 0 Å². The molecule has 6 nitrogen and oxygen atoms in total. The van der Waals surface area contributed by atoms with Gasteiger partial charge in [0.15, 0.2) is 0 Å². The van der Waals surface area contributed by atoms with Crippen molar-refractivity contribution in [3.05, 3.63) is 24.3 Å². The number of anilines is 1. The highest BCUT2D eigenvalue weighted by atomic mass is 32.2. The summed E-state index contributed by atoms with van der Waals surface area (Å²) < 4.78 is 1.93. The summed E-state index contributed by atoms with van der Waals surface area (Å²) in [5.41, 5.74) is 0.871. The average molecular weight is 364 g/mol. The van der Waals surface area contributed by atoms with E-state index in [2.05, 4.69) is 20.8 Å². The third-order valence-electron chi connectivity index (χ3n) is 4.07. The van der Waals surface area contributed by atoms with Gasteiger partial charge in [0.2, 0.25) is 11.1 Å². The van der Waals surface area contributed by atoms with E-state index in [9.17, 15) is 4.79 Å². The number of carbonyl (C=O) groups excluding carboxylic acids is 1. The SMILES string of the molecule is CSc1ccccc1NC(=O)CCSc1nnnn1C1CCCC1. The van der Waals surface area contributed by atoms with Crippen molar-refractivity contribution >= 4 is 35.1 Å². The number of hydrogen-bond donors (Lipinski definition) is 1. The maximum atomic E-state index is 12.2. The van der Waals surface area contributed by atoms with Gasteiger partial charge in [-0.1, -0.05) is 36.7 Å². The van der Waals surface area contributed by atoms with Gasteiger partial charge in [0.1, 0.15) is 0 Å². The maximum Gasteiger partial charge on any atom is 0.225 e. The molecule has 1 fully saturated rings. The summed E-state index contributed by atoms with van der Waals surface area (Å²) in [6.45, 7) is 0. The van der Waals surface area contributed by atoms with Crippen LogP contribution in [0, 0.1) is 0 Å². The number of rotatable bonds is 7. The smallest absolute Gasteiger partial charge is 0.225 e. The molecule has 1 aromatic carbocycles. The molecule has 1 amide bonds. The summed E-state index contributed by atoms with van der Waals surface area (Å²) >= 11 is 3.18. The molecule has 2 aromatic rings. The van der Waals surface area contributed by atoms with Crippen LogP contribution in [0.2, 0.25) is 0 Å². The van der Waals surface area contributed by atoms with Gasteiger partial charge in [-0.05, 0) is 41.7 Å². The summed E-state index contributed by atoms with van der Waals surface area (Å²) in [4.78, 5) is 13.2. The topological polar surface area (TPSA) is 72.7 Å². The number of thioether (sulfide) groups is 2. The van der Waals surface area contributed by atoms with Gasteiger partial charge in [-0.15, -0.1) is 16.9 Å². The first-order chi connectivity index (χ1) is 11.8. The summed E-state index contributed by atoms with van der Waals surface area (Å²) in [6.07, 6.45) is 7.21. The number of benzene rings is 1. The van der Waals surface area contributed by atoms with Gasteiger partial charge in [-0.2, -0.15) is 0 Å². The Balaban J connectivity index is 1.50. The zero-order valence-corrected chi connectivity index (χ0v) is 15.3. The largest absolute Gasteiger partial charge is 0.325 e. The van der Waals surface area contributed by atoms with Crippen LogP contribution < -0.4 is 5.32 Å². The van der Waals surface area contributed by atoms with Gasteiger partial charge in [0.05, 0.1) is 11.7 Å². The van der Waals surface area contributed by atoms with Crippen molar-refractivity contribution in [3.63, 3.8) is 0 Å². The molecule has 1 aliphatic carbocycles. The Hall–Kier alpha value is -1.54. The minimum absolute atomic E-state index is 0.0175. The van der Waals surface area contributed by atoms with Gasteiger partial charge in [0, 0.05) is 17.1 Å². The van der Waals surface area contributed by atoms with Crippen molar-refractivity contribution in [2.24, 2.45) is 0 Å². The van der Waals surface area contributed by atoms with E-state index in [0.29, 0.717) is 18.2 Å². The van der Waals surface area contributed by atoms with E-state index in [1.807, 2.05) is 35.2 Å². The van der Waals surface area contributed by atoms with E-state index in [1.165, 1.54) is 12.8 Å². The van der Waals surface area contributed by atoms with Crippen LogP contribution in [0.15, 0.2) is 34.3 Å². The number of aromatic nitrogens is 4. The van der Waals surface area contributed by atoms with Crippen molar-refractivity contribution in [3.8, 4) is 0 Å². The van der Waals surface area contributed by atoms with Crippen LogP contribution in [0.25, 0.3) is 0 Å². The molecule has 0 saturated heterocycles. The van der Waals surface area contributed by atoms with Crippen LogP contribution in [0.1, 0.15) is 38.1 Å². The zero-order chi connectivity index (χ0) is 16.8. The van der Waals surface area contributed by atoms with E-state index in [4.69, 9.17) is 0 Å². The molecule has 24 heavy (non-hydrogen) atoms. The number of carbonyl (C=O) groups is 1. The molecule has 8 heteroatoms. The Morgan fingerprint density at radius 2 is 2.12 bits per heavy atom. The highest BCUT2D eigenvalue weighted by Crippen LogP contribution is 2.31. The molecule has 1 aromatic heterocycles. The molecule has 128 valence electrons. The third kappa shape index (κ3) is 4.30. The second-order valence-corrected chi connectivity index (χ2v) is 7.60. The Labute approximate surface area is 150 Å².